The normalized spacial score (nSPS) is 16.1. The number of nitrogens with zero attached hydrogens (tertiary/aromatic N) is 3. The standard InChI is InChI=1S/C31H37F4N3O3/c1-37(2)27-19-36-26-7-6-21(41-3)17-22(26)29(27)23(32)8-9-31(18-28(39)40)10-13-38(14-11-31)12-4-5-20-15-24(33)30(35)25(34)16-20/h6-7,15-17,19,23H,4-5,8-14,18H2,1-3H3,(H,39,40)/t23-/m0/s1. The summed E-state index contributed by atoms with van der Waals surface area (Å²) in [5.41, 5.74) is 1.71. The van der Waals surface area contributed by atoms with Crippen molar-refractivity contribution >= 4 is 22.6 Å². The molecule has 1 fully saturated rings. The zero-order valence-corrected chi connectivity index (χ0v) is 23.7. The minimum absolute atomic E-state index is 0.0346. The van der Waals surface area contributed by atoms with Crippen LogP contribution in [0, 0.1) is 22.9 Å². The lowest BCUT2D eigenvalue weighted by Gasteiger charge is -2.41. The maximum Gasteiger partial charge on any atom is 0.303 e. The zero-order valence-electron chi connectivity index (χ0n) is 23.7. The number of aromatic nitrogens is 1. The summed E-state index contributed by atoms with van der Waals surface area (Å²) in [6, 6.07) is 7.41. The third kappa shape index (κ3) is 7.28. The van der Waals surface area contributed by atoms with Gasteiger partial charge in [0.2, 0.25) is 0 Å². The van der Waals surface area contributed by atoms with Gasteiger partial charge in [0.25, 0.3) is 0 Å². The molecular weight excluding hydrogens is 538 g/mol. The Kier molecular flexibility index (Phi) is 9.73. The molecule has 10 heteroatoms. The molecule has 1 aromatic heterocycles. The summed E-state index contributed by atoms with van der Waals surface area (Å²) in [4.78, 5) is 20.3. The van der Waals surface area contributed by atoms with Crippen molar-refractivity contribution in [2.45, 2.75) is 51.1 Å². The van der Waals surface area contributed by atoms with Crippen LogP contribution in [0.5, 0.6) is 5.75 Å². The van der Waals surface area contributed by atoms with Crippen LogP contribution in [0.25, 0.3) is 10.9 Å². The predicted molar refractivity (Wildman–Crippen MR) is 151 cm³/mol. The molecule has 1 atom stereocenters. The first-order chi connectivity index (χ1) is 19.5. The number of methoxy groups -OCH3 is 1. The van der Waals surface area contributed by atoms with Gasteiger partial charge in [-0.3, -0.25) is 9.78 Å². The number of aliphatic carboxylic acids is 1. The largest absolute Gasteiger partial charge is 0.497 e. The van der Waals surface area contributed by atoms with E-state index in [1.807, 2.05) is 19.0 Å². The summed E-state index contributed by atoms with van der Waals surface area (Å²) in [6.07, 6.45) is 3.13. The molecule has 0 bridgehead atoms. The second kappa shape index (κ2) is 13.1. The Labute approximate surface area is 237 Å². The number of carboxylic acid groups (broad SMARTS) is 1. The highest BCUT2D eigenvalue weighted by atomic mass is 19.2. The van der Waals surface area contributed by atoms with Gasteiger partial charge < -0.3 is 19.6 Å². The molecule has 2 aromatic carbocycles. The Morgan fingerprint density at radius 3 is 2.44 bits per heavy atom. The van der Waals surface area contributed by atoms with Gasteiger partial charge in [0, 0.05) is 25.0 Å². The lowest BCUT2D eigenvalue weighted by Crippen LogP contribution is -2.41. The summed E-state index contributed by atoms with van der Waals surface area (Å²) in [5.74, 6) is -4.15. The number of carboxylic acids is 1. The molecule has 4 rings (SSSR count). The number of rotatable bonds is 12. The first kappa shape index (κ1) is 30.6. The Morgan fingerprint density at radius 2 is 1.83 bits per heavy atom. The number of benzene rings is 2. The molecule has 6 nitrogen and oxygen atoms in total. The third-order valence-electron chi connectivity index (χ3n) is 8.25. The number of pyridine rings is 1. The quantitative estimate of drug-likeness (QED) is 0.191. The van der Waals surface area contributed by atoms with Crippen molar-refractivity contribution in [2.75, 3.05) is 45.7 Å². The van der Waals surface area contributed by atoms with E-state index >= 15 is 4.39 Å². The van der Waals surface area contributed by atoms with E-state index in [1.165, 1.54) is 0 Å². The highest BCUT2D eigenvalue weighted by molar-refractivity contribution is 5.88. The number of likely N-dealkylation sites (tertiary alicyclic amines) is 1. The highest BCUT2D eigenvalue weighted by Gasteiger charge is 2.37. The monoisotopic (exact) mass is 575 g/mol. The SMILES string of the molecule is COc1ccc2ncc(N(C)C)c([C@@H](F)CCC3(CC(=O)O)CCN(CCCc4cc(F)c(F)c(F)c4)CC3)c2c1. The van der Waals surface area contributed by atoms with E-state index in [-0.39, 0.29) is 12.8 Å². The van der Waals surface area contributed by atoms with E-state index in [1.54, 1.807) is 31.5 Å². The average Bonchev–Trinajstić information content (AvgIpc) is 2.94. The molecule has 0 aliphatic carbocycles. The number of halogens is 4. The van der Waals surface area contributed by atoms with Crippen molar-refractivity contribution in [2.24, 2.45) is 5.41 Å². The van der Waals surface area contributed by atoms with Crippen LogP contribution in [0.2, 0.25) is 0 Å². The van der Waals surface area contributed by atoms with Gasteiger partial charge in [-0.2, -0.15) is 0 Å². The van der Waals surface area contributed by atoms with Crippen LogP contribution < -0.4 is 9.64 Å². The van der Waals surface area contributed by atoms with Crippen molar-refractivity contribution in [3.8, 4) is 5.75 Å². The molecule has 0 amide bonds. The smallest absolute Gasteiger partial charge is 0.303 e. The number of fused-ring (bicyclic) bond motifs is 1. The number of piperidine rings is 1. The fourth-order valence-electron chi connectivity index (χ4n) is 5.92. The summed E-state index contributed by atoms with van der Waals surface area (Å²) < 4.78 is 61.7. The lowest BCUT2D eigenvalue weighted by molar-refractivity contribution is -0.141. The second-order valence-corrected chi connectivity index (χ2v) is 11.2. The zero-order chi connectivity index (χ0) is 29.7. The van der Waals surface area contributed by atoms with Gasteiger partial charge in [-0.25, -0.2) is 17.6 Å². The minimum atomic E-state index is -1.47. The van der Waals surface area contributed by atoms with Crippen LogP contribution in [0.15, 0.2) is 36.5 Å². The van der Waals surface area contributed by atoms with Gasteiger partial charge in [0.05, 0.1) is 30.9 Å². The molecule has 222 valence electrons. The van der Waals surface area contributed by atoms with E-state index in [9.17, 15) is 23.1 Å². The molecule has 1 saturated heterocycles. The number of aryl methyl sites for hydroxylation is 1. The fraction of sp³-hybridized carbons (Fsp3) is 0.484. The third-order valence-corrected chi connectivity index (χ3v) is 8.25. The number of carbonyl (C=O) groups is 1. The summed E-state index contributed by atoms with van der Waals surface area (Å²) in [6.45, 7) is 1.95. The number of anilines is 1. The van der Waals surface area contributed by atoms with Gasteiger partial charge >= 0.3 is 5.97 Å². The number of hydrogen-bond acceptors (Lipinski definition) is 5. The van der Waals surface area contributed by atoms with E-state index in [0.717, 1.165) is 12.1 Å². The van der Waals surface area contributed by atoms with E-state index in [0.29, 0.717) is 85.2 Å². The van der Waals surface area contributed by atoms with E-state index in [2.05, 4.69) is 9.88 Å². The van der Waals surface area contributed by atoms with Crippen LogP contribution in [0.1, 0.15) is 55.8 Å². The van der Waals surface area contributed by atoms with E-state index in [4.69, 9.17) is 4.74 Å². The van der Waals surface area contributed by atoms with Crippen LogP contribution in [-0.4, -0.2) is 61.8 Å². The molecule has 1 aliphatic heterocycles. The first-order valence-electron chi connectivity index (χ1n) is 13.9. The molecule has 3 aromatic rings. The van der Waals surface area contributed by atoms with Crippen molar-refractivity contribution < 1.29 is 32.2 Å². The van der Waals surface area contributed by atoms with Gasteiger partial charge in [-0.1, -0.05) is 0 Å². The fourth-order valence-corrected chi connectivity index (χ4v) is 5.92. The molecule has 1 aliphatic rings. The van der Waals surface area contributed by atoms with Crippen LogP contribution in [0.4, 0.5) is 23.2 Å². The highest BCUT2D eigenvalue weighted by Crippen LogP contribution is 2.44. The maximum absolute atomic E-state index is 16.1. The Hall–Kier alpha value is -3.40. The second-order valence-electron chi connectivity index (χ2n) is 11.2. The summed E-state index contributed by atoms with van der Waals surface area (Å²) >= 11 is 0. The van der Waals surface area contributed by atoms with Gasteiger partial charge in [-0.05, 0) is 99.5 Å². The molecule has 1 N–H and O–H groups in total. The maximum atomic E-state index is 16.1. The Bertz CT molecular complexity index is 1350. The van der Waals surface area contributed by atoms with Crippen molar-refractivity contribution in [3.05, 3.63) is 65.1 Å². The average molecular weight is 576 g/mol. The molecule has 0 spiro atoms. The van der Waals surface area contributed by atoms with Gasteiger partial charge in [0.15, 0.2) is 17.5 Å². The number of ether oxygens (including phenoxy) is 1. The molecular formula is C31H37F4N3O3. The topological polar surface area (TPSA) is 65.9 Å². The van der Waals surface area contributed by atoms with Crippen molar-refractivity contribution in [3.63, 3.8) is 0 Å². The van der Waals surface area contributed by atoms with Crippen molar-refractivity contribution in [1.82, 2.24) is 9.88 Å². The summed E-state index contributed by atoms with van der Waals surface area (Å²) in [5, 5.41) is 10.4. The molecule has 0 radical (unpaired) electrons. The molecule has 0 unspecified atom stereocenters. The van der Waals surface area contributed by atoms with E-state index < -0.39 is 35.0 Å². The molecule has 0 saturated carbocycles. The Morgan fingerprint density at radius 1 is 1.15 bits per heavy atom. The van der Waals surface area contributed by atoms with Crippen molar-refractivity contribution in [1.29, 1.82) is 0 Å². The predicted octanol–water partition coefficient (Wildman–Crippen LogP) is 6.71. The number of alkyl halides is 1. The van der Waals surface area contributed by atoms with Crippen LogP contribution in [0.3, 0.4) is 0 Å². The van der Waals surface area contributed by atoms with Crippen LogP contribution >= 0.6 is 0 Å². The molecule has 2 heterocycles. The first-order valence-corrected chi connectivity index (χ1v) is 13.9. The van der Waals surface area contributed by atoms with Crippen LogP contribution in [-0.2, 0) is 11.2 Å². The molecule has 41 heavy (non-hydrogen) atoms. The van der Waals surface area contributed by atoms with Gasteiger partial charge in [-0.15, -0.1) is 0 Å². The van der Waals surface area contributed by atoms with Gasteiger partial charge in [0.1, 0.15) is 11.9 Å². The summed E-state index contributed by atoms with van der Waals surface area (Å²) in [7, 11) is 5.23. The number of hydrogen-bond donors (Lipinski definition) is 1. The minimum Gasteiger partial charge on any atom is -0.497 e. The lowest BCUT2D eigenvalue weighted by atomic mass is 9.71. The Balaban J connectivity index is 1.42.